The van der Waals surface area contributed by atoms with Gasteiger partial charge in [-0.3, -0.25) is 4.90 Å². The van der Waals surface area contributed by atoms with Crippen LogP contribution in [0.25, 0.3) is 0 Å². The molecule has 0 aliphatic carbocycles. The van der Waals surface area contributed by atoms with Crippen LogP contribution >= 0.6 is 0 Å². The number of methoxy groups -OCH3 is 1. The molecule has 1 heterocycles. The third-order valence-corrected chi connectivity index (χ3v) is 2.44. The maximum atomic E-state index is 11.8. The number of ether oxygens (including phenoxy) is 2. The summed E-state index contributed by atoms with van der Waals surface area (Å²) in [6, 6.07) is -0.963. The van der Waals surface area contributed by atoms with Gasteiger partial charge >= 0.3 is 12.1 Å². The number of carbonyl (C=O) groups excluding carboxylic acids is 2. The zero-order valence-electron chi connectivity index (χ0n) is 10.6. The van der Waals surface area contributed by atoms with E-state index in [9.17, 15) is 14.7 Å². The summed E-state index contributed by atoms with van der Waals surface area (Å²) in [5.74, 6) is -0.624. The van der Waals surface area contributed by atoms with Crippen LogP contribution in [0.2, 0.25) is 0 Å². The first kappa shape index (κ1) is 13.8. The Hall–Kier alpha value is -1.30. The van der Waals surface area contributed by atoms with Gasteiger partial charge in [0.2, 0.25) is 0 Å². The van der Waals surface area contributed by atoms with E-state index >= 15 is 0 Å². The second-order valence-electron chi connectivity index (χ2n) is 5.00. The molecule has 1 aliphatic rings. The van der Waals surface area contributed by atoms with Gasteiger partial charge in [-0.1, -0.05) is 0 Å². The number of carbonyl (C=O) groups is 2. The maximum Gasteiger partial charge on any atom is 0.411 e. The standard InChI is InChI=1S/C11H19NO5/c1-11(2,3)17-10(15)12-6-5-7(13)8(12)9(14)16-4/h7-8,13H,5-6H2,1-4H3/t7-,8-/m1/s1. The summed E-state index contributed by atoms with van der Waals surface area (Å²) < 4.78 is 9.73. The van der Waals surface area contributed by atoms with Crippen LogP contribution in [0.5, 0.6) is 0 Å². The van der Waals surface area contributed by atoms with Gasteiger partial charge in [-0.2, -0.15) is 0 Å². The highest BCUT2D eigenvalue weighted by molar-refractivity contribution is 5.82. The van der Waals surface area contributed by atoms with Gasteiger partial charge in [0.15, 0.2) is 6.04 Å². The van der Waals surface area contributed by atoms with Gasteiger partial charge in [0.1, 0.15) is 5.60 Å². The zero-order chi connectivity index (χ0) is 13.2. The van der Waals surface area contributed by atoms with Crippen molar-refractivity contribution in [2.45, 2.75) is 44.9 Å². The Kier molecular flexibility index (Phi) is 3.98. The zero-order valence-corrected chi connectivity index (χ0v) is 10.6. The molecule has 6 heteroatoms. The Labute approximate surface area is 100 Å². The molecule has 0 bridgehead atoms. The molecule has 0 unspecified atom stereocenters. The predicted octanol–water partition coefficient (Wildman–Crippen LogP) is 0.530. The minimum Gasteiger partial charge on any atom is -0.467 e. The summed E-state index contributed by atoms with van der Waals surface area (Å²) in [6.45, 7) is 5.51. The number of amides is 1. The molecule has 1 N–H and O–H groups in total. The SMILES string of the molecule is COC(=O)[C@H]1[C@H](O)CCN1C(=O)OC(C)(C)C. The molecule has 1 amide bonds. The first-order chi connectivity index (χ1) is 7.76. The van der Waals surface area contributed by atoms with Gasteiger partial charge in [-0.25, -0.2) is 9.59 Å². The molecule has 98 valence electrons. The van der Waals surface area contributed by atoms with Crippen molar-refractivity contribution in [3.63, 3.8) is 0 Å². The van der Waals surface area contributed by atoms with Crippen molar-refractivity contribution in [3.8, 4) is 0 Å². The number of aliphatic hydroxyl groups excluding tert-OH is 1. The van der Waals surface area contributed by atoms with E-state index in [4.69, 9.17) is 4.74 Å². The fourth-order valence-corrected chi connectivity index (χ4v) is 1.71. The summed E-state index contributed by atoms with van der Waals surface area (Å²) >= 11 is 0. The monoisotopic (exact) mass is 245 g/mol. The molecule has 1 saturated heterocycles. The molecule has 1 rings (SSSR count). The van der Waals surface area contributed by atoms with Crippen LogP contribution < -0.4 is 0 Å². The summed E-state index contributed by atoms with van der Waals surface area (Å²) in [7, 11) is 1.22. The van der Waals surface area contributed by atoms with E-state index in [1.807, 2.05) is 0 Å². The van der Waals surface area contributed by atoms with Crippen molar-refractivity contribution in [1.29, 1.82) is 0 Å². The normalized spacial score (nSPS) is 24.6. The lowest BCUT2D eigenvalue weighted by molar-refractivity contribution is -0.148. The number of hydrogen-bond donors (Lipinski definition) is 1. The van der Waals surface area contributed by atoms with Crippen LogP contribution in [0, 0.1) is 0 Å². The van der Waals surface area contributed by atoms with Crippen molar-refractivity contribution in [3.05, 3.63) is 0 Å². The first-order valence-corrected chi connectivity index (χ1v) is 5.52. The number of hydrogen-bond acceptors (Lipinski definition) is 5. The number of esters is 1. The molecule has 0 spiro atoms. The smallest absolute Gasteiger partial charge is 0.411 e. The van der Waals surface area contributed by atoms with E-state index in [1.165, 1.54) is 12.0 Å². The highest BCUT2D eigenvalue weighted by Gasteiger charge is 2.43. The van der Waals surface area contributed by atoms with Gasteiger partial charge in [0, 0.05) is 6.54 Å². The fourth-order valence-electron chi connectivity index (χ4n) is 1.71. The molecule has 1 fully saturated rings. The Morgan fingerprint density at radius 2 is 1.94 bits per heavy atom. The highest BCUT2D eigenvalue weighted by atomic mass is 16.6. The summed E-state index contributed by atoms with van der Waals surface area (Å²) in [5, 5.41) is 9.66. The quantitative estimate of drug-likeness (QED) is 0.682. The van der Waals surface area contributed by atoms with Crippen LogP contribution in [0.3, 0.4) is 0 Å². The van der Waals surface area contributed by atoms with Gasteiger partial charge in [0.25, 0.3) is 0 Å². The van der Waals surface area contributed by atoms with E-state index in [0.29, 0.717) is 6.42 Å². The van der Waals surface area contributed by atoms with Crippen LogP contribution in [0.15, 0.2) is 0 Å². The van der Waals surface area contributed by atoms with Crippen molar-refractivity contribution in [2.75, 3.05) is 13.7 Å². The van der Waals surface area contributed by atoms with Crippen molar-refractivity contribution in [1.82, 2.24) is 4.90 Å². The van der Waals surface area contributed by atoms with Crippen LogP contribution in [0.1, 0.15) is 27.2 Å². The van der Waals surface area contributed by atoms with Crippen LogP contribution in [-0.2, 0) is 14.3 Å². The number of aliphatic hydroxyl groups is 1. The molecular formula is C11H19NO5. The third kappa shape index (κ3) is 3.33. The Morgan fingerprint density at radius 3 is 2.41 bits per heavy atom. The molecular weight excluding hydrogens is 226 g/mol. The number of likely N-dealkylation sites (tertiary alicyclic amines) is 1. The summed E-state index contributed by atoms with van der Waals surface area (Å²) in [5.41, 5.74) is -0.634. The van der Waals surface area contributed by atoms with E-state index in [-0.39, 0.29) is 6.54 Å². The van der Waals surface area contributed by atoms with E-state index in [2.05, 4.69) is 4.74 Å². The van der Waals surface area contributed by atoms with Gasteiger partial charge in [-0.05, 0) is 27.2 Å². The minimum atomic E-state index is -0.963. The minimum absolute atomic E-state index is 0.288. The largest absolute Gasteiger partial charge is 0.467 e. The predicted molar refractivity (Wildman–Crippen MR) is 59.4 cm³/mol. The van der Waals surface area contributed by atoms with E-state index in [0.717, 1.165) is 0 Å². The Morgan fingerprint density at radius 1 is 1.35 bits per heavy atom. The number of nitrogens with zero attached hydrogens (tertiary/aromatic N) is 1. The summed E-state index contributed by atoms with van der Waals surface area (Å²) in [4.78, 5) is 24.5. The lowest BCUT2D eigenvalue weighted by atomic mass is 10.2. The van der Waals surface area contributed by atoms with Crippen LogP contribution in [0.4, 0.5) is 4.79 Å². The molecule has 0 aromatic rings. The Balaban J connectivity index is 2.76. The second-order valence-corrected chi connectivity index (χ2v) is 5.00. The van der Waals surface area contributed by atoms with Gasteiger partial charge < -0.3 is 14.6 Å². The average Bonchev–Trinajstić information content (AvgIpc) is 2.56. The van der Waals surface area contributed by atoms with Crippen molar-refractivity contribution >= 4 is 12.1 Å². The molecule has 6 nitrogen and oxygen atoms in total. The van der Waals surface area contributed by atoms with Crippen molar-refractivity contribution < 1.29 is 24.2 Å². The van der Waals surface area contributed by atoms with Crippen molar-refractivity contribution in [2.24, 2.45) is 0 Å². The third-order valence-electron chi connectivity index (χ3n) is 2.44. The molecule has 0 aromatic heterocycles. The molecule has 0 aromatic carbocycles. The fraction of sp³-hybridized carbons (Fsp3) is 0.818. The van der Waals surface area contributed by atoms with E-state index in [1.54, 1.807) is 20.8 Å². The molecule has 17 heavy (non-hydrogen) atoms. The average molecular weight is 245 g/mol. The topological polar surface area (TPSA) is 76.1 Å². The van der Waals surface area contributed by atoms with Crippen LogP contribution in [-0.4, -0.2) is 53.5 Å². The van der Waals surface area contributed by atoms with Gasteiger partial charge in [0.05, 0.1) is 13.2 Å². The summed E-state index contributed by atoms with van der Waals surface area (Å²) in [6.07, 6.45) is -1.15. The molecule has 1 aliphatic heterocycles. The molecule has 0 saturated carbocycles. The number of rotatable bonds is 1. The highest BCUT2D eigenvalue weighted by Crippen LogP contribution is 2.22. The molecule has 2 atom stereocenters. The Bertz CT molecular complexity index is 309. The molecule has 0 radical (unpaired) electrons. The lowest BCUT2D eigenvalue weighted by Gasteiger charge is -2.27. The first-order valence-electron chi connectivity index (χ1n) is 5.52. The van der Waals surface area contributed by atoms with Gasteiger partial charge in [-0.15, -0.1) is 0 Å². The lowest BCUT2D eigenvalue weighted by Crippen LogP contribution is -2.47. The second kappa shape index (κ2) is 4.91. The van der Waals surface area contributed by atoms with E-state index < -0.39 is 29.8 Å². The maximum absolute atomic E-state index is 11.8.